The van der Waals surface area contributed by atoms with Crippen LogP contribution in [0.2, 0.25) is 0 Å². The molecule has 166 valence electrons. The van der Waals surface area contributed by atoms with Crippen molar-refractivity contribution in [2.75, 3.05) is 40.4 Å². The second kappa shape index (κ2) is 10.4. The summed E-state index contributed by atoms with van der Waals surface area (Å²) < 4.78 is 10.8. The monoisotopic (exact) mass is 424 g/mol. The molecule has 0 unspecified atom stereocenters. The third-order valence-corrected chi connectivity index (χ3v) is 6.00. The maximum Gasteiger partial charge on any atom is 0.223 e. The van der Waals surface area contributed by atoms with Crippen LogP contribution in [0.15, 0.2) is 36.4 Å². The maximum absolute atomic E-state index is 12.6. The number of carbonyl (C=O) groups excluding carboxylic acids is 2. The van der Waals surface area contributed by atoms with Crippen LogP contribution in [0.5, 0.6) is 11.5 Å². The zero-order chi connectivity index (χ0) is 22.4. The Hall–Kier alpha value is -2.86. The largest absolute Gasteiger partial charge is 0.497 e. The van der Waals surface area contributed by atoms with Gasteiger partial charge >= 0.3 is 0 Å². The number of amides is 1. The van der Waals surface area contributed by atoms with Crippen molar-refractivity contribution in [1.82, 2.24) is 9.80 Å². The number of methoxy groups -OCH3 is 2. The van der Waals surface area contributed by atoms with E-state index < -0.39 is 0 Å². The summed E-state index contributed by atoms with van der Waals surface area (Å²) in [6.07, 6.45) is 0.512. The first-order valence-corrected chi connectivity index (χ1v) is 10.7. The van der Waals surface area contributed by atoms with Crippen molar-refractivity contribution in [1.29, 1.82) is 0 Å². The fourth-order valence-electron chi connectivity index (χ4n) is 3.84. The SMILES string of the molecule is COc1ccc(OC)c(CN2CCN(C(=O)CCC(=O)c3ccc(C)c(C)c3)CC2)c1. The third-order valence-electron chi connectivity index (χ3n) is 6.00. The van der Waals surface area contributed by atoms with E-state index in [-0.39, 0.29) is 24.5 Å². The number of rotatable bonds is 8. The second-order valence-electron chi connectivity index (χ2n) is 8.06. The Morgan fingerprint density at radius 3 is 2.26 bits per heavy atom. The molecule has 0 aromatic heterocycles. The number of benzene rings is 2. The average molecular weight is 425 g/mol. The molecule has 1 aliphatic rings. The van der Waals surface area contributed by atoms with Gasteiger partial charge in [0.15, 0.2) is 5.78 Å². The fraction of sp³-hybridized carbons (Fsp3) is 0.440. The number of hydrogen-bond acceptors (Lipinski definition) is 5. The van der Waals surface area contributed by atoms with E-state index in [1.165, 1.54) is 0 Å². The van der Waals surface area contributed by atoms with E-state index in [0.717, 1.165) is 47.8 Å². The quantitative estimate of drug-likeness (QED) is 0.606. The summed E-state index contributed by atoms with van der Waals surface area (Å²) in [5.41, 5.74) is 4.02. The van der Waals surface area contributed by atoms with Crippen molar-refractivity contribution < 1.29 is 19.1 Å². The van der Waals surface area contributed by atoms with Crippen LogP contribution in [0.25, 0.3) is 0 Å². The van der Waals surface area contributed by atoms with E-state index in [1.54, 1.807) is 14.2 Å². The molecule has 6 nitrogen and oxygen atoms in total. The summed E-state index contributed by atoms with van der Waals surface area (Å²) in [5, 5.41) is 0. The first-order chi connectivity index (χ1) is 14.9. The molecule has 0 N–H and O–H groups in total. The summed E-state index contributed by atoms with van der Waals surface area (Å²) in [6.45, 7) is 7.68. The number of Topliss-reactive ketones (excluding diaryl/α,β-unsaturated/α-hetero) is 1. The zero-order valence-corrected chi connectivity index (χ0v) is 18.9. The molecule has 2 aromatic carbocycles. The number of carbonyl (C=O) groups is 2. The van der Waals surface area contributed by atoms with Gasteiger partial charge in [-0.25, -0.2) is 0 Å². The first kappa shape index (κ1) is 22.8. The van der Waals surface area contributed by atoms with E-state index >= 15 is 0 Å². The molecule has 0 aliphatic carbocycles. The predicted molar refractivity (Wildman–Crippen MR) is 121 cm³/mol. The van der Waals surface area contributed by atoms with Crippen LogP contribution in [0, 0.1) is 13.8 Å². The van der Waals surface area contributed by atoms with Crippen LogP contribution < -0.4 is 9.47 Å². The minimum atomic E-state index is 0.0280. The minimum Gasteiger partial charge on any atom is -0.497 e. The molecule has 1 amide bonds. The van der Waals surface area contributed by atoms with E-state index in [0.29, 0.717) is 18.7 Å². The van der Waals surface area contributed by atoms with E-state index in [4.69, 9.17) is 9.47 Å². The lowest BCUT2D eigenvalue weighted by atomic mass is 10.0. The van der Waals surface area contributed by atoms with Crippen LogP contribution in [0.1, 0.15) is 39.9 Å². The van der Waals surface area contributed by atoms with Gasteiger partial charge in [-0.2, -0.15) is 0 Å². The van der Waals surface area contributed by atoms with Gasteiger partial charge in [0.25, 0.3) is 0 Å². The number of ether oxygens (including phenoxy) is 2. The van der Waals surface area contributed by atoms with Crippen molar-refractivity contribution in [3.05, 3.63) is 58.7 Å². The molecule has 2 aromatic rings. The summed E-state index contributed by atoms with van der Waals surface area (Å²) in [7, 11) is 3.32. The molecule has 0 atom stereocenters. The predicted octanol–water partition coefficient (Wildman–Crippen LogP) is 3.63. The van der Waals surface area contributed by atoms with E-state index in [1.807, 2.05) is 55.1 Å². The lowest BCUT2D eigenvalue weighted by Gasteiger charge is -2.35. The summed E-state index contributed by atoms with van der Waals surface area (Å²) in [6, 6.07) is 11.5. The molecule has 31 heavy (non-hydrogen) atoms. The molecular formula is C25H32N2O4. The lowest BCUT2D eigenvalue weighted by molar-refractivity contribution is -0.133. The van der Waals surface area contributed by atoms with Crippen LogP contribution in [-0.4, -0.2) is 61.9 Å². The smallest absolute Gasteiger partial charge is 0.223 e. The summed E-state index contributed by atoms with van der Waals surface area (Å²) >= 11 is 0. The molecule has 0 radical (unpaired) electrons. The Labute approximate surface area is 184 Å². The van der Waals surface area contributed by atoms with Gasteiger partial charge in [-0.05, 0) is 49.2 Å². The number of ketones is 1. The third kappa shape index (κ3) is 5.85. The molecule has 3 rings (SSSR count). The molecule has 1 heterocycles. The van der Waals surface area contributed by atoms with Crippen molar-refractivity contribution in [2.24, 2.45) is 0 Å². The van der Waals surface area contributed by atoms with Crippen LogP contribution in [0.4, 0.5) is 0 Å². The molecule has 1 saturated heterocycles. The van der Waals surface area contributed by atoms with Gasteiger partial charge in [-0.15, -0.1) is 0 Å². The topological polar surface area (TPSA) is 59.1 Å². The normalized spacial score (nSPS) is 14.4. The van der Waals surface area contributed by atoms with Crippen LogP contribution in [-0.2, 0) is 11.3 Å². The highest BCUT2D eigenvalue weighted by molar-refractivity contribution is 5.98. The summed E-state index contributed by atoms with van der Waals surface area (Å²) in [5.74, 6) is 1.72. The van der Waals surface area contributed by atoms with Gasteiger partial charge in [-0.1, -0.05) is 12.1 Å². The van der Waals surface area contributed by atoms with Gasteiger partial charge in [0.05, 0.1) is 14.2 Å². The van der Waals surface area contributed by atoms with Gasteiger partial charge in [0, 0.05) is 56.7 Å². The Balaban J connectivity index is 1.48. The molecule has 0 saturated carbocycles. The lowest BCUT2D eigenvalue weighted by Crippen LogP contribution is -2.48. The number of piperazine rings is 1. The summed E-state index contributed by atoms with van der Waals surface area (Å²) in [4.78, 5) is 29.3. The Morgan fingerprint density at radius 1 is 0.871 bits per heavy atom. The average Bonchev–Trinajstić information content (AvgIpc) is 2.79. The molecule has 6 heteroatoms. The fourth-order valence-corrected chi connectivity index (χ4v) is 3.84. The Morgan fingerprint density at radius 2 is 1.61 bits per heavy atom. The highest BCUT2D eigenvalue weighted by atomic mass is 16.5. The van der Waals surface area contributed by atoms with Gasteiger partial charge in [0.1, 0.15) is 11.5 Å². The highest BCUT2D eigenvalue weighted by Crippen LogP contribution is 2.25. The zero-order valence-electron chi connectivity index (χ0n) is 18.9. The molecule has 0 bridgehead atoms. The van der Waals surface area contributed by atoms with E-state index in [9.17, 15) is 9.59 Å². The molecule has 1 aliphatic heterocycles. The van der Waals surface area contributed by atoms with Gasteiger partial charge in [0.2, 0.25) is 5.91 Å². The number of hydrogen-bond donors (Lipinski definition) is 0. The molecule has 0 spiro atoms. The standard InChI is InChI=1S/C25H32N2O4/c1-18-5-6-20(15-19(18)2)23(28)8-10-25(29)27-13-11-26(12-14-27)17-21-16-22(30-3)7-9-24(21)31-4/h5-7,9,15-16H,8,10-14,17H2,1-4H3. The Kier molecular flexibility index (Phi) is 7.69. The molecule has 1 fully saturated rings. The van der Waals surface area contributed by atoms with Gasteiger partial charge in [-0.3, -0.25) is 14.5 Å². The van der Waals surface area contributed by atoms with Crippen molar-refractivity contribution in [3.8, 4) is 11.5 Å². The highest BCUT2D eigenvalue weighted by Gasteiger charge is 2.22. The first-order valence-electron chi connectivity index (χ1n) is 10.7. The van der Waals surface area contributed by atoms with Crippen LogP contribution in [0.3, 0.4) is 0 Å². The second-order valence-corrected chi connectivity index (χ2v) is 8.06. The Bertz CT molecular complexity index is 933. The number of aryl methyl sites for hydroxylation is 2. The van der Waals surface area contributed by atoms with Crippen LogP contribution >= 0.6 is 0 Å². The minimum absolute atomic E-state index is 0.0280. The van der Waals surface area contributed by atoms with Crippen molar-refractivity contribution >= 4 is 11.7 Å². The maximum atomic E-state index is 12.6. The molecular weight excluding hydrogens is 392 g/mol. The van der Waals surface area contributed by atoms with Crippen molar-refractivity contribution in [2.45, 2.75) is 33.2 Å². The van der Waals surface area contributed by atoms with Crippen molar-refractivity contribution in [3.63, 3.8) is 0 Å². The van der Waals surface area contributed by atoms with Gasteiger partial charge < -0.3 is 14.4 Å². The number of nitrogens with zero attached hydrogens (tertiary/aromatic N) is 2. The van der Waals surface area contributed by atoms with E-state index in [2.05, 4.69) is 4.90 Å².